The molecule has 2 aliphatic heterocycles. The zero-order valence-corrected chi connectivity index (χ0v) is 18.0. The van der Waals surface area contributed by atoms with Crippen LogP contribution in [0.15, 0.2) is 72.3 Å². The van der Waals surface area contributed by atoms with Crippen molar-refractivity contribution in [3.63, 3.8) is 0 Å². The van der Waals surface area contributed by atoms with Gasteiger partial charge in [0.25, 0.3) is 11.7 Å². The predicted octanol–water partition coefficient (Wildman–Crippen LogP) is 5.09. The molecule has 1 amide bonds. The second-order valence-corrected chi connectivity index (χ2v) is 8.34. The van der Waals surface area contributed by atoms with E-state index in [9.17, 15) is 19.1 Å². The highest BCUT2D eigenvalue weighted by molar-refractivity contribution is 6.51. The standard InChI is InChI=1S/C27H22FNO4/c1-16-5-2-6-18(13-16)24-23(25(30)19-10-11-22-17(14-19)7-4-12-33-22)26(31)27(32)29(24)21-9-3-8-20(28)15-21/h2-3,5-6,8-11,13-15,24,30H,4,7,12H2,1H3/b25-23-. The van der Waals surface area contributed by atoms with Crippen molar-refractivity contribution in [3.8, 4) is 5.75 Å². The van der Waals surface area contributed by atoms with Crippen LogP contribution in [0.3, 0.4) is 0 Å². The molecule has 0 spiro atoms. The van der Waals surface area contributed by atoms with E-state index in [0.29, 0.717) is 17.7 Å². The van der Waals surface area contributed by atoms with Crippen LogP contribution in [0, 0.1) is 12.7 Å². The Kier molecular flexibility index (Phi) is 5.21. The van der Waals surface area contributed by atoms with Gasteiger partial charge in [0.05, 0.1) is 18.2 Å². The van der Waals surface area contributed by atoms with Gasteiger partial charge in [0.15, 0.2) is 0 Å². The maximum Gasteiger partial charge on any atom is 0.300 e. The van der Waals surface area contributed by atoms with Crippen molar-refractivity contribution < 1.29 is 23.8 Å². The van der Waals surface area contributed by atoms with Gasteiger partial charge in [-0.25, -0.2) is 4.39 Å². The third kappa shape index (κ3) is 3.67. The number of aryl methyl sites for hydroxylation is 2. The summed E-state index contributed by atoms with van der Waals surface area (Å²) >= 11 is 0. The molecule has 0 aromatic heterocycles. The first-order chi connectivity index (χ1) is 15.9. The average molecular weight is 443 g/mol. The number of hydrogen-bond donors (Lipinski definition) is 1. The monoisotopic (exact) mass is 443 g/mol. The third-order valence-corrected chi connectivity index (χ3v) is 6.07. The minimum atomic E-state index is -0.890. The van der Waals surface area contributed by atoms with Crippen LogP contribution in [0.1, 0.15) is 34.7 Å². The lowest BCUT2D eigenvalue weighted by Crippen LogP contribution is -2.29. The lowest BCUT2D eigenvalue weighted by molar-refractivity contribution is -0.132. The number of fused-ring (bicyclic) bond motifs is 1. The molecule has 0 bridgehead atoms. The number of carbonyl (C=O) groups is 2. The number of aliphatic hydroxyl groups is 1. The fraction of sp³-hybridized carbons (Fsp3) is 0.185. The molecule has 166 valence electrons. The smallest absolute Gasteiger partial charge is 0.300 e. The molecule has 1 N–H and O–H groups in total. The minimum absolute atomic E-state index is 0.0217. The number of ketones is 1. The highest BCUT2D eigenvalue weighted by atomic mass is 19.1. The van der Waals surface area contributed by atoms with Crippen molar-refractivity contribution in [3.05, 3.63) is 100 Å². The number of amides is 1. The fourth-order valence-electron chi connectivity index (χ4n) is 4.54. The Labute approximate surface area is 190 Å². The summed E-state index contributed by atoms with van der Waals surface area (Å²) in [6.07, 6.45) is 1.67. The number of nitrogens with zero attached hydrogens (tertiary/aromatic N) is 1. The molecule has 1 atom stereocenters. The topological polar surface area (TPSA) is 66.8 Å². The summed E-state index contributed by atoms with van der Waals surface area (Å²) in [4.78, 5) is 27.6. The first kappa shape index (κ1) is 20.9. The van der Waals surface area contributed by atoms with Crippen LogP contribution in [0.4, 0.5) is 10.1 Å². The summed E-state index contributed by atoms with van der Waals surface area (Å²) in [5.41, 5.74) is 3.20. The SMILES string of the molecule is Cc1cccc(C2/C(=C(/O)c3ccc4c(c3)CCCO4)C(=O)C(=O)N2c2cccc(F)c2)c1. The molecule has 0 aliphatic carbocycles. The molecule has 3 aromatic carbocycles. The van der Waals surface area contributed by atoms with Gasteiger partial charge in [-0.05, 0) is 67.3 Å². The molecule has 5 nitrogen and oxygen atoms in total. The Bertz CT molecular complexity index is 1310. The predicted molar refractivity (Wildman–Crippen MR) is 123 cm³/mol. The number of anilines is 1. The number of hydrogen-bond acceptors (Lipinski definition) is 4. The molecule has 6 heteroatoms. The second-order valence-electron chi connectivity index (χ2n) is 8.34. The van der Waals surface area contributed by atoms with E-state index >= 15 is 0 Å². The van der Waals surface area contributed by atoms with E-state index in [4.69, 9.17) is 4.74 Å². The number of benzene rings is 3. The van der Waals surface area contributed by atoms with E-state index in [-0.39, 0.29) is 17.0 Å². The minimum Gasteiger partial charge on any atom is -0.507 e. The zero-order chi connectivity index (χ0) is 23.1. The van der Waals surface area contributed by atoms with E-state index < -0.39 is 23.5 Å². The van der Waals surface area contributed by atoms with Gasteiger partial charge in [-0.1, -0.05) is 35.9 Å². The number of carbonyl (C=O) groups excluding carboxylic acids is 2. The normalized spacial score (nSPS) is 19.3. The summed E-state index contributed by atoms with van der Waals surface area (Å²) in [6.45, 7) is 2.55. The Morgan fingerprint density at radius 2 is 1.88 bits per heavy atom. The number of aliphatic hydroxyl groups excluding tert-OH is 1. The summed E-state index contributed by atoms with van der Waals surface area (Å²) in [5, 5.41) is 11.3. The van der Waals surface area contributed by atoms with E-state index in [2.05, 4.69) is 0 Å². The average Bonchev–Trinajstić information content (AvgIpc) is 3.09. The molecular weight excluding hydrogens is 421 g/mol. The van der Waals surface area contributed by atoms with Crippen molar-refractivity contribution in [1.29, 1.82) is 0 Å². The van der Waals surface area contributed by atoms with Gasteiger partial charge in [-0.15, -0.1) is 0 Å². The Morgan fingerprint density at radius 1 is 1.06 bits per heavy atom. The molecule has 0 saturated carbocycles. The summed E-state index contributed by atoms with van der Waals surface area (Å²) in [7, 11) is 0. The summed E-state index contributed by atoms with van der Waals surface area (Å²) in [5.74, 6) is -1.64. The molecule has 5 rings (SSSR count). The second kappa shape index (κ2) is 8.20. The van der Waals surface area contributed by atoms with Gasteiger partial charge in [-0.3, -0.25) is 14.5 Å². The van der Waals surface area contributed by atoms with Gasteiger partial charge in [0, 0.05) is 11.3 Å². The molecule has 3 aromatic rings. The number of rotatable bonds is 3. The van der Waals surface area contributed by atoms with Crippen molar-refractivity contribution >= 4 is 23.1 Å². The number of ether oxygens (including phenoxy) is 1. The van der Waals surface area contributed by atoms with Crippen LogP contribution < -0.4 is 9.64 Å². The highest BCUT2D eigenvalue weighted by Crippen LogP contribution is 2.43. The van der Waals surface area contributed by atoms with Gasteiger partial charge < -0.3 is 9.84 Å². The van der Waals surface area contributed by atoms with Crippen molar-refractivity contribution in [1.82, 2.24) is 0 Å². The fourth-order valence-corrected chi connectivity index (χ4v) is 4.54. The molecule has 1 fully saturated rings. The third-order valence-electron chi connectivity index (χ3n) is 6.07. The van der Waals surface area contributed by atoms with Gasteiger partial charge in [0.2, 0.25) is 0 Å². The van der Waals surface area contributed by atoms with Crippen molar-refractivity contribution in [2.45, 2.75) is 25.8 Å². The Balaban J connectivity index is 1.71. The maximum atomic E-state index is 14.0. The molecule has 33 heavy (non-hydrogen) atoms. The first-order valence-electron chi connectivity index (χ1n) is 10.8. The van der Waals surface area contributed by atoms with Crippen LogP contribution in [0.5, 0.6) is 5.75 Å². The van der Waals surface area contributed by atoms with Gasteiger partial charge in [-0.2, -0.15) is 0 Å². The highest BCUT2D eigenvalue weighted by Gasteiger charge is 2.47. The van der Waals surface area contributed by atoms with E-state index in [1.54, 1.807) is 30.3 Å². The van der Waals surface area contributed by atoms with Crippen molar-refractivity contribution in [2.75, 3.05) is 11.5 Å². The van der Waals surface area contributed by atoms with Crippen molar-refractivity contribution in [2.24, 2.45) is 0 Å². The quantitative estimate of drug-likeness (QED) is 0.348. The molecule has 1 saturated heterocycles. The van der Waals surface area contributed by atoms with Crippen LogP contribution in [-0.4, -0.2) is 23.4 Å². The summed E-state index contributed by atoms with van der Waals surface area (Å²) in [6, 6.07) is 17.3. The Hall–Kier alpha value is -3.93. The molecule has 1 unspecified atom stereocenters. The van der Waals surface area contributed by atoms with Gasteiger partial charge >= 0.3 is 0 Å². The van der Waals surface area contributed by atoms with Crippen LogP contribution in [-0.2, 0) is 16.0 Å². The van der Waals surface area contributed by atoms with Crippen LogP contribution >= 0.6 is 0 Å². The zero-order valence-electron chi connectivity index (χ0n) is 18.0. The van der Waals surface area contributed by atoms with Gasteiger partial charge in [0.1, 0.15) is 17.3 Å². The first-order valence-corrected chi connectivity index (χ1v) is 10.8. The molecule has 0 radical (unpaired) electrons. The lowest BCUT2D eigenvalue weighted by atomic mass is 9.93. The Morgan fingerprint density at radius 3 is 2.67 bits per heavy atom. The number of halogens is 1. The lowest BCUT2D eigenvalue weighted by Gasteiger charge is -2.26. The maximum absolute atomic E-state index is 14.0. The summed E-state index contributed by atoms with van der Waals surface area (Å²) < 4.78 is 19.7. The van der Waals surface area contributed by atoms with E-state index in [1.807, 2.05) is 25.1 Å². The van der Waals surface area contributed by atoms with E-state index in [1.165, 1.54) is 23.1 Å². The van der Waals surface area contributed by atoms with E-state index in [0.717, 1.165) is 29.7 Å². The van der Waals surface area contributed by atoms with Crippen LogP contribution in [0.2, 0.25) is 0 Å². The molecular formula is C27H22FNO4. The molecule has 2 heterocycles. The number of Topliss-reactive ketones (excluding diaryl/α,β-unsaturated/α-hetero) is 1. The largest absolute Gasteiger partial charge is 0.507 e. The molecule has 2 aliphatic rings. The van der Waals surface area contributed by atoms with Crippen LogP contribution in [0.25, 0.3) is 5.76 Å².